The molecule has 1 aliphatic rings. The van der Waals surface area contributed by atoms with Crippen LogP contribution >= 0.6 is 0 Å². The maximum absolute atomic E-state index is 12.2. The molecule has 7 heteroatoms. The predicted octanol–water partition coefficient (Wildman–Crippen LogP) is 1.33. The largest absolute Gasteiger partial charge is 0.493 e. The molecule has 2 heterocycles. The van der Waals surface area contributed by atoms with Gasteiger partial charge in [-0.15, -0.1) is 0 Å². The summed E-state index contributed by atoms with van der Waals surface area (Å²) in [5.41, 5.74) is 3.23. The van der Waals surface area contributed by atoms with Crippen LogP contribution in [0.5, 0.6) is 11.5 Å². The first-order chi connectivity index (χ1) is 12.2. The van der Waals surface area contributed by atoms with Crippen LogP contribution in [0.15, 0.2) is 24.4 Å². The minimum absolute atomic E-state index is 0.0309. The van der Waals surface area contributed by atoms with Gasteiger partial charge in [-0.3, -0.25) is 9.48 Å². The van der Waals surface area contributed by atoms with Crippen molar-refractivity contribution in [3.05, 3.63) is 41.2 Å². The summed E-state index contributed by atoms with van der Waals surface area (Å²) in [7, 11) is 3.17. The van der Waals surface area contributed by atoms with Crippen LogP contribution in [0.2, 0.25) is 0 Å². The molecule has 0 fully saturated rings. The van der Waals surface area contributed by atoms with E-state index in [2.05, 4.69) is 10.4 Å². The van der Waals surface area contributed by atoms with E-state index in [4.69, 9.17) is 14.2 Å². The Kier molecular flexibility index (Phi) is 5.55. The zero-order valence-corrected chi connectivity index (χ0v) is 14.6. The van der Waals surface area contributed by atoms with Gasteiger partial charge in [-0.25, -0.2) is 0 Å². The molecular weight excluding hydrogens is 322 g/mol. The molecule has 2 aromatic rings. The summed E-state index contributed by atoms with van der Waals surface area (Å²) in [5, 5.41) is 7.31. The number of methoxy groups -OCH3 is 2. The van der Waals surface area contributed by atoms with Crippen LogP contribution < -0.4 is 14.8 Å². The number of fused-ring (bicyclic) bond motifs is 1. The quantitative estimate of drug-likeness (QED) is 0.819. The van der Waals surface area contributed by atoms with Crippen molar-refractivity contribution in [1.29, 1.82) is 0 Å². The first-order valence-corrected chi connectivity index (χ1v) is 8.30. The lowest BCUT2D eigenvalue weighted by Crippen LogP contribution is -2.29. The minimum atomic E-state index is -0.0309. The van der Waals surface area contributed by atoms with E-state index in [-0.39, 0.29) is 5.91 Å². The summed E-state index contributed by atoms with van der Waals surface area (Å²) in [6, 6.07) is 5.49. The molecule has 1 aromatic carbocycles. The molecule has 0 saturated carbocycles. The Morgan fingerprint density at radius 3 is 2.96 bits per heavy atom. The Hall–Kier alpha value is -2.54. The molecule has 1 aliphatic heterocycles. The van der Waals surface area contributed by atoms with Crippen molar-refractivity contribution in [2.24, 2.45) is 0 Å². The van der Waals surface area contributed by atoms with Crippen molar-refractivity contribution in [2.75, 3.05) is 27.4 Å². The average molecular weight is 345 g/mol. The van der Waals surface area contributed by atoms with Crippen LogP contribution in [0.1, 0.15) is 16.8 Å². The third kappa shape index (κ3) is 4.11. The number of hydrogen-bond acceptors (Lipinski definition) is 5. The Bertz CT molecular complexity index is 742. The Balaban J connectivity index is 1.51. The molecule has 25 heavy (non-hydrogen) atoms. The fourth-order valence-electron chi connectivity index (χ4n) is 2.94. The third-order valence-electron chi connectivity index (χ3n) is 4.23. The monoisotopic (exact) mass is 345 g/mol. The molecule has 1 amide bonds. The molecule has 0 bridgehead atoms. The minimum Gasteiger partial charge on any atom is -0.493 e. The van der Waals surface area contributed by atoms with Gasteiger partial charge in [0.25, 0.3) is 0 Å². The summed E-state index contributed by atoms with van der Waals surface area (Å²) in [5.74, 6) is 1.24. The fourth-order valence-corrected chi connectivity index (χ4v) is 2.94. The highest BCUT2D eigenvalue weighted by Crippen LogP contribution is 2.27. The standard InChI is InChI=1S/C18H23N3O4/c1-23-16-4-3-13(9-17(16)24-2)10-18(22)19-6-7-21-15-5-8-25-12-14(15)11-20-21/h3-4,9,11H,5-8,10,12H2,1-2H3,(H,19,22). The number of ether oxygens (including phenoxy) is 3. The van der Waals surface area contributed by atoms with Gasteiger partial charge in [-0.1, -0.05) is 6.07 Å². The van der Waals surface area contributed by atoms with Crippen molar-refractivity contribution >= 4 is 5.91 Å². The lowest BCUT2D eigenvalue weighted by atomic mass is 10.1. The number of rotatable bonds is 7. The molecule has 3 rings (SSSR count). The first kappa shape index (κ1) is 17.3. The number of carbonyl (C=O) groups excluding carboxylic acids is 1. The average Bonchev–Trinajstić information content (AvgIpc) is 3.05. The highest BCUT2D eigenvalue weighted by Gasteiger charge is 2.15. The smallest absolute Gasteiger partial charge is 0.224 e. The van der Waals surface area contributed by atoms with E-state index < -0.39 is 0 Å². The first-order valence-electron chi connectivity index (χ1n) is 8.30. The molecular formula is C18H23N3O4. The molecule has 134 valence electrons. The van der Waals surface area contributed by atoms with Gasteiger partial charge in [-0.2, -0.15) is 5.10 Å². The molecule has 1 N–H and O–H groups in total. The van der Waals surface area contributed by atoms with E-state index in [9.17, 15) is 4.79 Å². The molecule has 0 radical (unpaired) electrons. The van der Waals surface area contributed by atoms with Crippen molar-refractivity contribution < 1.29 is 19.0 Å². The van der Waals surface area contributed by atoms with Gasteiger partial charge >= 0.3 is 0 Å². The topological polar surface area (TPSA) is 74.6 Å². The maximum Gasteiger partial charge on any atom is 0.224 e. The van der Waals surface area contributed by atoms with Gasteiger partial charge in [0.2, 0.25) is 5.91 Å². The number of amides is 1. The van der Waals surface area contributed by atoms with Crippen molar-refractivity contribution in [1.82, 2.24) is 15.1 Å². The summed E-state index contributed by atoms with van der Waals surface area (Å²) >= 11 is 0. The van der Waals surface area contributed by atoms with Gasteiger partial charge in [0.15, 0.2) is 11.5 Å². The molecule has 7 nitrogen and oxygen atoms in total. The van der Waals surface area contributed by atoms with Gasteiger partial charge < -0.3 is 19.5 Å². The Morgan fingerprint density at radius 1 is 1.32 bits per heavy atom. The zero-order chi connectivity index (χ0) is 17.6. The van der Waals surface area contributed by atoms with Crippen LogP contribution in [0, 0.1) is 0 Å². The molecule has 1 aromatic heterocycles. The van der Waals surface area contributed by atoms with E-state index in [1.165, 1.54) is 5.69 Å². The van der Waals surface area contributed by atoms with Gasteiger partial charge in [0.05, 0.1) is 46.6 Å². The van der Waals surface area contributed by atoms with E-state index in [1.807, 2.05) is 23.0 Å². The SMILES string of the molecule is COc1ccc(CC(=O)NCCn2ncc3c2CCOC3)cc1OC. The van der Waals surface area contributed by atoms with Crippen LogP contribution in [0.25, 0.3) is 0 Å². The van der Waals surface area contributed by atoms with E-state index in [0.717, 1.165) is 24.2 Å². The van der Waals surface area contributed by atoms with E-state index >= 15 is 0 Å². The van der Waals surface area contributed by atoms with Gasteiger partial charge in [-0.05, 0) is 17.7 Å². The zero-order valence-electron chi connectivity index (χ0n) is 14.6. The lowest BCUT2D eigenvalue weighted by molar-refractivity contribution is -0.120. The Labute approximate surface area is 146 Å². The second-order valence-electron chi connectivity index (χ2n) is 5.86. The number of aromatic nitrogens is 2. The van der Waals surface area contributed by atoms with Gasteiger partial charge in [0, 0.05) is 24.2 Å². The van der Waals surface area contributed by atoms with Gasteiger partial charge in [0.1, 0.15) is 0 Å². The number of carbonyl (C=O) groups is 1. The number of hydrogen-bond donors (Lipinski definition) is 1. The summed E-state index contributed by atoms with van der Waals surface area (Å²) < 4.78 is 17.8. The summed E-state index contributed by atoms with van der Waals surface area (Å²) in [6.45, 7) is 2.56. The molecule has 0 unspecified atom stereocenters. The van der Waals surface area contributed by atoms with Crippen LogP contribution in [0.3, 0.4) is 0 Å². The number of nitrogens with one attached hydrogen (secondary N) is 1. The van der Waals surface area contributed by atoms with E-state index in [1.54, 1.807) is 20.3 Å². The second-order valence-corrected chi connectivity index (χ2v) is 5.86. The normalized spacial score (nSPS) is 13.2. The highest BCUT2D eigenvalue weighted by molar-refractivity contribution is 5.78. The van der Waals surface area contributed by atoms with Crippen molar-refractivity contribution in [2.45, 2.75) is 26.0 Å². The molecule has 0 spiro atoms. The van der Waals surface area contributed by atoms with Crippen molar-refractivity contribution in [3.8, 4) is 11.5 Å². The fraction of sp³-hybridized carbons (Fsp3) is 0.444. The third-order valence-corrected chi connectivity index (χ3v) is 4.23. The maximum atomic E-state index is 12.2. The Morgan fingerprint density at radius 2 is 2.16 bits per heavy atom. The highest BCUT2D eigenvalue weighted by atomic mass is 16.5. The summed E-state index contributed by atoms with van der Waals surface area (Å²) in [4.78, 5) is 12.2. The number of benzene rings is 1. The van der Waals surface area contributed by atoms with Crippen LogP contribution in [-0.4, -0.2) is 43.1 Å². The molecule has 0 saturated heterocycles. The van der Waals surface area contributed by atoms with E-state index in [0.29, 0.717) is 37.6 Å². The van der Waals surface area contributed by atoms with Crippen molar-refractivity contribution in [3.63, 3.8) is 0 Å². The molecule has 0 atom stereocenters. The number of nitrogens with zero attached hydrogens (tertiary/aromatic N) is 2. The summed E-state index contributed by atoms with van der Waals surface area (Å²) in [6.07, 6.45) is 3.01. The lowest BCUT2D eigenvalue weighted by Gasteiger charge is -2.15. The van der Waals surface area contributed by atoms with Crippen LogP contribution in [-0.2, 0) is 35.5 Å². The second kappa shape index (κ2) is 8.02. The van der Waals surface area contributed by atoms with Crippen LogP contribution in [0.4, 0.5) is 0 Å². The molecule has 0 aliphatic carbocycles. The predicted molar refractivity (Wildman–Crippen MR) is 91.8 cm³/mol.